The summed E-state index contributed by atoms with van der Waals surface area (Å²) in [5.41, 5.74) is 22.6. The number of hydrogen-bond acceptors (Lipinski definition) is 1. The number of hydrogen-bond donors (Lipinski definition) is 0. The molecule has 0 saturated carbocycles. The van der Waals surface area contributed by atoms with E-state index in [1.807, 2.05) is 48.5 Å². The summed E-state index contributed by atoms with van der Waals surface area (Å²) in [6.45, 7) is 8.63. The maximum absolute atomic E-state index is 11.9. The van der Waals surface area contributed by atoms with Crippen LogP contribution in [0.1, 0.15) is 60.4 Å². The van der Waals surface area contributed by atoms with Crippen molar-refractivity contribution >= 4 is 5.78 Å². The molecule has 3 aliphatic rings. The van der Waals surface area contributed by atoms with Gasteiger partial charge in [-0.2, -0.15) is 0 Å². The molecule has 3 aliphatic carbocycles. The van der Waals surface area contributed by atoms with Crippen LogP contribution in [0.3, 0.4) is 0 Å². The monoisotopic (exact) mass is 706 g/mol. The molecule has 0 aliphatic heterocycles. The second-order valence-electron chi connectivity index (χ2n) is 15.1. The van der Waals surface area contributed by atoms with Crippen molar-refractivity contribution in [2.45, 2.75) is 33.1 Å². The van der Waals surface area contributed by atoms with Gasteiger partial charge in [-0.3, -0.25) is 4.79 Å². The van der Waals surface area contributed by atoms with Crippen molar-refractivity contribution in [2.24, 2.45) is 0 Å². The third-order valence-corrected chi connectivity index (χ3v) is 11.4. The summed E-state index contributed by atoms with van der Waals surface area (Å²) >= 11 is 0. The molecule has 0 radical (unpaired) electrons. The van der Waals surface area contributed by atoms with Gasteiger partial charge in [-0.05, 0) is 94.5 Å². The highest BCUT2D eigenvalue weighted by molar-refractivity contribution is 6.21. The van der Waals surface area contributed by atoms with Crippen LogP contribution in [0, 0.1) is 27.7 Å². The fourth-order valence-electron chi connectivity index (χ4n) is 9.00. The van der Waals surface area contributed by atoms with Crippen LogP contribution in [-0.4, -0.2) is 5.78 Å². The molecule has 0 amide bonds. The predicted molar refractivity (Wildman–Crippen MR) is 229 cm³/mol. The van der Waals surface area contributed by atoms with Gasteiger partial charge in [0, 0.05) is 11.1 Å². The summed E-state index contributed by atoms with van der Waals surface area (Å²) in [5, 5.41) is 0. The zero-order valence-corrected chi connectivity index (χ0v) is 31.7. The minimum Gasteiger partial charge on any atom is -0.289 e. The molecular formula is C54H42O. The highest BCUT2D eigenvalue weighted by Crippen LogP contribution is 2.62. The van der Waals surface area contributed by atoms with Crippen LogP contribution in [0.15, 0.2) is 182 Å². The lowest BCUT2D eigenvalue weighted by Gasteiger charge is -2.30. The molecule has 0 atom stereocenters. The zero-order valence-electron chi connectivity index (χ0n) is 31.7. The molecule has 1 heteroatoms. The highest BCUT2D eigenvalue weighted by Gasteiger charge is 2.51. The molecule has 1 nitrogen and oxygen atoms in total. The van der Waals surface area contributed by atoms with Gasteiger partial charge < -0.3 is 0 Å². The molecule has 8 aromatic carbocycles. The highest BCUT2D eigenvalue weighted by atomic mass is 16.1. The molecule has 0 unspecified atom stereocenters. The molecule has 0 heterocycles. The number of aryl methyl sites for hydroxylation is 4. The summed E-state index contributed by atoms with van der Waals surface area (Å²) in [6, 6.07) is 64.6. The van der Waals surface area contributed by atoms with Crippen LogP contribution >= 0.6 is 0 Å². The summed E-state index contributed by atoms with van der Waals surface area (Å²) in [5.74, 6) is 0.149. The number of rotatable bonds is 1. The topological polar surface area (TPSA) is 17.1 Å². The average Bonchev–Trinajstić information content (AvgIpc) is 3.79. The first-order chi connectivity index (χ1) is 26.8. The van der Waals surface area contributed by atoms with E-state index in [2.05, 4.69) is 161 Å². The first-order valence-electron chi connectivity index (χ1n) is 19.1. The largest absolute Gasteiger partial charge is 0.289 e. The molecule has 8 aromatic rings. The SMILES string of the molecule is Cc1ccc2c(c1)-c1cc(C)ccc1C21c2ccccc2-c2ccccc21.Cc1cccc(-c2cccc(C)c2)c1.O=C1c2ccccc2-c2ccccc21. The smallest absolute Gasteiger partial charge is 0.194 e. The number of carbonyl (C=O) groups is 1. The first kappa shape index (κ1) is 34.2. The van der Waals surface area contributed by atoms with Gasteiger partial charge in [-0.1, -0.05) is 204 Å². The van der Waals surface area contributed by atoms with Crippen molar-refractivity contribution < 1.29 is 4.79 Å². The van der Waals surface area contributed by atoms with Crippen LogP contribution in [0.25, 0.3) is 44.5 Å². The van der Waals surface area contributed by atoms with Gasteiger partial charge in [0.25, 0.3) is 0 Å². The van der Waals surface area contributed by atoms with Gasteiger partial charge >= 0.3 is 0 Å². The molecule has 0 aromatic heterocycles. The first-order valence-corrected chi connectivity index (χ1v) is 19.1. The summed E-state index contributed by atoms with van der Waals surface area (Å²) in [4.78, 5) is 11.9. The Bertz CT molecular complexity index is 2590. The van der Waals surface area contributed by atoms with Crippen LogP contribution < -0.4 is 0 Å². The zero-order chi connectivity index (χ0) is 37.7. The second-order valence-corrected chi connectivity index (χ2v) is 15.1. The number of ketones is 1. The summed E-state index contributed by atoms with van der Waals surface area (Å²) in [7, 11) is 0. The van der Waals surface area contributed by atoms with Crippen LogP contribution in [-0.2, 0) is 5.41 Å². The van der Waals surface area contributed by atoms with E-state index in [1.165, 1.54) is 77.9 Å². The molecule has 55 heavy (non-hydrogen) atoms. The number of benzene rings is 8. The maximum atomic E-state index is 11.9. The maximum Gasteiger partial charge on any atom is 0.194 e. The van der Waals surface area contributed by atoms with Crippen LogP contribution in [0.5, 0.6) is 0 Å². The Kier molecular flexibility index (Phi) is 8.51. The Hall–Kier alpha value is -6.57. The predicted octanol–water partition coefficient (Wildman–Crippen LogP) is 13.5. The number of fused-ring (bicyclic) bond motifs is 13. The van der Waals surface area contributed by atoms with Crippen LogP contribution in [0.2, 0.25) is 0 Å². The van der Waals surface area contributed by atoms with E-state index in [0.717, 1.165) is 22.3 Å². The Balaban J connectivity index is 0.000000120. The molecule has 0 fully saturated rings. The van der Waals surface area contributed by atoms with E-state index in [-0.39, 0.29) is 11.2 Å². The van der Waals surface area contributed by atoms with E-state index >= 15 is 0 Å². The summed E-state index contributed by atoms with van der Waals surface area (Å²) < 4.78 is 0. The molecule has 264 valence electrons. The van der Waals surface area contributed by atoms with Crippen LogP contribution in [0.4, 0.5) is 0 Å². The van der Waals surface area contributed by atoms with Gasteiger partial charge in [0.1, 0.15) is 0 Å². The van der Waals surface area contributed by atoms with Gasteiger partial charge in [0.15, 0.2) is 5.78 Å². The molecule has 0 N–H and O–H groups in total. The average molecular weight is 707 g/mol. The Morgan fingerprint density at radius 2 is 0.636 bits per heavy atom. The molecular weight excluding hydrogens is 665 g/mol. The lowest BCUT2D eigenvalue weighted by Crippen LogP contribution is -2.25. The molecule has 0 bridgehead atoms. The normalized spacial score (nSPS) is 12.9. The second kappa shape index (κ2) is 13.7. The Morgan fingerprint density at radius 1 is 0.291 bits per heavy atom. The summed E-state index contributed by atoms with van der Waals surface area (Å²) in [6.07, 6.45) is 0. The standard InChI is InChI=1S/C27H20.C14H14.C13H8O/c1-17-11-13-25-21(15-17)22-16-18(2)12-14-26(22)27(25)23-9-5-3-7-19(23)20-8-4-6-10-24(20)27;1-11-5-3-7-13(9-11)14-8-4-6-12(2)10-14;14-13-11-7-3-1-5-9(11)10-6-2-4-8-12(10)13/h3-16H,1-2H3;3-10H,1-2H3;1-8H. The van der Waals surface area contributed by atoms with Crippen molar-refractivity contribution in [3.63, 3.8) is 0 Å². The van der Waals surface area contributed by atoms with Crippen molar-refractivity contribution in [1.82, 2.24) is 0 Å². The minimum atomic E-state index is -0.195. The quantitative estimate of drug-likeness (QED) is 0.166. The van der Waals surface area contributed by atoms with Crippen molar-refractivity contribution in [1.29, 1.82) is 0 Å². The van der Waals surface area contributed by atoms with E-state index < -0.39 is 0 Å². The van der Waals surface area contributed by atoms with Gasteiger partial charge in [0.05, 0.1) is 5.41 Å². The molecule has 1 spiro atoms. The van der Waals surface area contributed by atoms with Gasteiger partial charge in [-0.15, -0.1) is 0 Å². The van der Waals surface area contributed by atoms with E-state index in [9.17, 15) is 4.79 Å². The molecule has 11 rings (SSSR count). The van der Waals surface area contributed by atoms with Gasteiger partial charge in [-0.25, -0.2) is 0 Å². The van der Waals surface area contributed by atoms with E-state index in [1.54, 1.807) is 0 Å². The van der Waals surface area contributed by atoms with Crippen molar-refractivity contribution in [2.75, 3.05) is 0 Å². The van der Waals surface area contributed by atoms with Gasteiger partial charge in [0.2, 0.25) is 0 Å². The van der Waals surface area contributed by atoms with Crippen molar-refractivity contribution in [3.05, 3.63) is 238 Å². The Labute approximate surface area is 324 Å². The molecule has 0 saturated heterocycles. The third kappa shape index (κ3) is 5.67. The Morgan fingerprint density at radius 3 is 1.05 bits per heavy atom. The van der Waals surface area contributed by atoms with E-state index in [4.69, 9.17) is 0 Å². The number of carbonyl (C=O) groups excluding carboxylic acids is 1. The minimum absolute atomic E-state index is 0.149. The lowest BCUT2D eigenvalue weighted by atomic mass is 9.70. The van der Waals surface area contributed by atoms with Crippen molar-refractivity contribution in [3.8, 4) is 44.5 Å². The fraction of sp³-hybridized carbons (Fsp3) is 0.0926. The lowest BCUT2D eigenvalue weighted by molar-refractivity contribution is 0.104. The van der Waals surface area contributed by atoms with E-state index in [0.29, 0.717) is 0 Å². The third-order valence-electron chi connectivity index (χ3n) is 11.4. The fourth-order valence-corrected chi connectivity index (χ4v) is 9.00.